The number of carbonyl (C=O) groups is 1. The second-order valence-electron chi connectivity index (χ2n) is 3.57. The number of halogens is 1. The Bertz CT molecular complexity index is 583. The maximum absolute atomic E-state index is 11.8. The minimum atomic E-state index is -3.16. The van der Waals surface area contributed by atoms with Crippen LogP contribution < -0.4 is 5.32 Å². The lowest BCUT2D eigenvalue weighted by molar-refractivity contribution is 0.0942. The van der Waals surface area contributed by atoms with Gasteiger partial charge in [0.05, 0.1) is 11.8 Å². The number of hydrogen-bond acceptors (Lipinski definition) is 4. The summed E-state index contributed by atoms with van der Waals surface area (Å²) in [5, 5.41) is 3.71. The van der Waals surface area contributed by atoms with Crippen LogP contribution in [0.25, 0.3) is 0 Å². The molecule has 17 heavy (non-hydrogen) atoms. The summed E-state index contributed by atoms with van der Waals surface area (Å²) in [6.45, 7) is 0. The fourth-order valence-electron chi connectivity index (χ4n) is 1.46. The van der Waals surface area contributed by atoms with Crippen LogP contribution in [-0.2, 0) is 9.84 Å². The van der Waals surface area contributed by atoms with Crippen LogP contribution in [0.5, 0.6) is 0 Å². The molecule has 1 aromatic heterocycles. The van der Waals surface area contributed by atoms with Crippen molar-refractivity contribution < 1.29 is 13.2 Å². The summed E-state index contributed by atoms with van der Waals surface area (Å²) in [6.07, 6.45) is 2.96. The van der Waals surface area contributed by atoms with Gasteiger partial charge in [-0.05, 0) is 34.1 Å². The summed E-state index contributed by atoms with van der Waals surface area (Å²) in [4.78, 5) is 15.7. The molecule has 90 valence electrons. The standard InChI is InChI=1S/C10H9BrN2O3S/c11-8-2-1-4-12-9(8)10(14)13-7-3-5-17(15,16)6-7/h1-5,7H,6H2,(H,13,14). The molecule has 0 radical (unpaired) electrons. The van der Waals surface area contributed by atoms with E-state index < -0.39 is 21.8 Å². The van der Waals surface area contributed by atoms with Gasteiger partial charge in [-0.3, -0.25) is 4.79 Å². The molecule has 0 bridgehead atoms. The van der Waals surface area contributed by atoms with Gasteiger partial charge in [-0.15, -0.1) is 0 Å². The molecule has 0 aliphatic carbocycles. The molecule has 2 rings (SSSR count). The maximum Gasteiger partial charge on any atom is 0.271 e. The number of aromatic nitrogens is 1. The number of nitrogens with one attached hydrogen (secondary N) is 1. The summed E-state index contributed by atoms with van der Waals surface area (Å²) in [5.41, 5.74) is 0.241. The zero-order valence-corrected chi connectivity index (χ0v) is 11.0. The molecule has 0 spiro atoms. The second-order valence-corrected chi connectivity index (χ2v) is 6.36. The van der Waals surface area contributed by atoms with Crippen LogP contribution in [-0.4, -0.2) is 31.1 Å². The topological polar surface area (TPSA) is 76.1 Å². The molecule has 1 aliphatic rings. The first-order chi connectivity index (χ1) is 7.98. The Balaban J connectivity index is 2.09. The molecule has 1 unspecified atom stereocenters. The van der Waals surface area contributed by atoms with Crippen molar-refractivity contribution in [3.63, 3.8) is 0 Å². The fourth-order valence-corrected chi connectivity index (χ4v) is 3.13. The Morgan fingerprint density at radius 1 is 1.53 bits per heavy atom. The van der Waals surface area contributed by atoms with Crippen LogP contribution in [0, 0.1) is 0 Å². The molecule has 1 aliphatic heterocycles. The number of sulfone groups is 1. The molecule has 1 N–H and O–H groups in total. The minimum Gasteiger partial charge on any atom is -0.343 e. The average molecular weight is 317 g/mol. The van der Waals surface area contributed by atoms with Crippen molar-refractivity contribution in [3.05, 3.63) is 40.0 Å². The van der Waals surface area contributed by atoms with Gasteiger partial charge in [0.15, 0.2) is 9.84 Å². The molecule has 0 saturated carbocycles. The number of hydrogen-bond donors (Lipinski definition) is 1. The lowest BCUT2D eigenvalue weighted by Gasteiger charge is -2.09. The average Bonchev–Trinajstić information content (AvgIpc) is 2.58. The number of carbonyl (C=O) groups excluding carboxylic acids is 1. The third-order valence-corrected chi connectivity index (χ3v) is 4.26. The van der Waals surface area contributed by atoms with E-state index in [9.17, 15) is 13.2 Å². The van der Waals surface area contributed by atoms with Crippen LogP contribution in [0.2, 0.25) is 0 Å². The normalized spacial score (nSPS) is 21.4. The first kappa shape index (κ1) is 12.3. The van der Waals surface area contributed by atoms with Crippen molar-refractivity contribution in [2.24, 2.45) is 0 Å². The van der Waals surface area contributed by atoms with Gasteiger partial charge in [0.2, 0.25) is 0 Å². The van der Waals surface area contributed by atoms with Crippen molar-refractivity contribution >= 4 is 31.7 Å². The Morgan fingerprint density at radius 2 is 2.29 bits per heavy atom. The molecule has 1 amide bonds. The molecule has 1 aromatic rings. The van der Waals surface area contributed by atoms with Gasteiger partial charge in [-0.2, -0.15) is 0 Å². The van der Waals surface area contributed by atoms with E-state index in [1.165, 1.54) is 12.3 Å². The molecule has 0 aromatic carbocycles. The highest BCUT2D eigenvalue weighted by Gasteiger charge is 2.24. The molecule has 5 nitrogen and oxygen atoms in total. The summed E-state index contributed by atoms with van der Waals surface area (Å²) in [7, 11) is -3.16. The highest BCUT2D eigenvalue weighted by molar-refractivity contribution is 9.10. The highest BCUT2D eigenvalue weighted by Crippen LogP contribution is 2.14. The van der Waals surface area contributed by atoms with E-state index in [1.54, 1.807) is 12.1 Å². The van der Waals surface area contributed by atoms with E-state index in [1.807, 2.05) is 0 Å². The lowest BCUT2D eigenvalue weighted by atomic mass is 10.3. The highest BCUT2D eigenvalue weighted by atomic mass is 79.9. The van der Waals surface area contributed by atoms with E-state index >= 15 is 0 Å². The fraction of sp³-hybridized carbons (Fsp3) is 0.200. The number of nitrogens with zero attached hydrogens (tertiary/aromatic N) is 1. The summed E-state index contributed by atoms with van der Waals surface area (Å²) in [6, 6.07) is 2.91. The molecule has 0 saturated heterocycles. The van der Waals surface area contributed by atoms with Crippen LogP contribution in [0.3, 0.4) is 0 Å². The van der Waals surface area contributed by atoms with E-state index in [-0.39, 0.29) is 11.4 Å². The molecular formula is C10H9BrN2O3S. The van der Waals surface area contributed by atoms with Crippen molar-refractivity contribution in [2.45, 2.75) is 6.04 Å². The van der Waals surface area contributed by atoms with E-state index in [0.717, 1.165) is 5.41 Å². The van der Waals surface area contributed by atoms with Crippen molar-refractivity contribution in [1.82, 2.24) is 10.3 Å². The molecule has 2 heterocycles. The van der Waals surface area contributed by atoms with Gasteiger partial charge in [-0.25, -0.2) is 13.4 Å². The van der Waals surface area contributed by atoms with E-state index in [2.05, 4.69) is 26.2 Å². The molecular weight excluding hydrogens is 308 g/mol. The smallest absolute Gasteiger partial charge is 0.271 e. The first-order valence-electron chi connectivity index (χ1n) is 4.80. The SMILES string of the molecule is O=C(NC1C=CS(=O)(=O)C1)c1ncccc1Br. The van der Waals surface area contributed by atoms with Gasteiger partial charge >= 0.3 is 0 Å². The summed E-state index contributed by atoms with van der Waals surface area (Å²) in [5.74, 6) is -0.493. The third-order valence-electron chi connectivity index (χ3n) is 2.22. The van der Waals surface area contributed by atoms with Gasteiger partial charge in [0.25, 0.3) is 5.91 Å². The summed E-state index contributed by atoms with van der Waals surface area (Å²) < 4.78 is 22.9. The lowest BCUT2D eigenvalue weighted by Crippen LogP contribution is -2.36. The first-order valence-corrected chi connectivity index (χ1v) is 7.31. The van der Waals surface area contributed by atoms with Crippen molar-refractivity contribution in [1.29, 1.82) is 0 Å². The van der Waals surface area contributed by atoms with Crippen molar-refractivity contribution in [2.75, 3.05) is 5.75 Å². The quantitative estimate of drug-likeness (QED) is 0.879. The van der Waals surface area contributed by atoms with Crippen LogP contribution in [0.1, 0.15) is 10.5 Å². The Kier molecular flexibility index (Phi) is 3.30. The summed E-state index contributed by atoms with van der Waals surface area (Å²) >= 11 is 3.21. The van der Waals surface area contributed by atoms with E-state index in [4.69, 9.17) is 0 Å². The number of pyridine rings is 1. The molecule has 7 heteroatoms. The Morgan fingerprint density at radius 3 is 2.88 bits per heavy atom. The Hall–Kier alpha value is -1.21. The number of amides is 1. The predicted octanol–water partition coefficient (Wildman–Crippen LogP) is 0.885. The van der Waals surface area contributed by atoms with Crippen molar-refractivity contribution in [3.8, 4) is 0 Å². The van der Waals surface area contributed by atoms with Gasteiger partial charge in [0, 0.05) is 16.1 Å². The maximum atomic E-state index is 11.8. The molecule has 1 atom stereocenters. The molecule has 0 fully saturated rings. The zero-order chi connectivity index (χ0) is 12.5. The Labute approximate surface area is 107 Å². The van der Waals surface area contributed by atoms with Gasteiger partial charge in [0.1, 0.15) is 5.69 Å². The van der Waals surface area contributed by atoms with Crippen LogP contribution in [0.15, 0.2) is 34.3 Å². The number of rotatable bonds is 2. The van der Waals surface area contributed by atoms with Gasteiger partial charge < -0.3 is 5.32 Å². The minimum absolute atomic E-state index is 0.0941. The monoisotopic (exact) mass is 316 g/mol. The van der Waals surface area contributed by atoms with Crippen LogP contribution in [0.4, 0.5) is 0 Å². The van der Waals surface area contributed by atoms with E-state index in [0.29, 0.717) is 4.47 Å². The second kappa shape index (κ2) is 4.58. The zero-order valence-electron chi connectivity index (χ0n) is 8.63. The third kappa shape index (κ3) is 2.92. The predicted molar refractivity (Wildman–Crippen MR) is 66.1 cm³/mol. The largest absolute Gasteiger partial charge is 0.343 e. The van der Waals surface area contributed by atoms with Gasteiger partial charge in [-0.1, -0.05) is 0 Å². The van der Waals surface area contributed by atoms with Crippen LogP contribution >= 0.6 is 15.9 Å².